The molecule has 0 bridgehead atoms. The van der Waals surface area contributed by atoms with Gasteiger partial charge in [0.1, 0.15) is 0 Å². The summed E-state index contributed by atoms with van der Waals surface area (Å²) < 4.78 is 1.20. The number of halogens is 1. The lowest BCUT2D eigenvalue weighted by Gasteiger charge is -2.14. The zero-order valence-corrected chi connectivity index (χ0v) is 10.3. The molecule has 14 heavy (non-hydrogen) atoms. The highest BCUT2D eigenvalue weighted by Crippen LogP contribution is 2.21. The second-order valence-electron chi connectivity index (χ2n) is 3.69. The van der Waals surface area contributed by atoms with Crippen LogP contribution in [-0.4, -0.2) is 6.54 Å². The molecule has 0 aliphatic rings. The third kappa shape index (κ3) is 3.43. The molecule has 0 amide bonds. The van der Waals surface area contributed by atoms with Gasteiger partial charge in [-0.05, 0) is 36.9 Å². The normalized spacial score (nSPS) is 12.8. The molecule has 0 radical (unpaired) electrons. The molecule has 1 aromatic carbocycles. The first-order valence-electron chi connectivity index (χ1n) is 5.21. The minimum atomic E-state index is 0.624. The van der Waals surface area contributed by atoms with Crippen LogP contribution in [0.1, 0.15) is 25.3 Å². The van der Waals surface area contributed by atoms with Gasteiger partial charge in [0.25, 0.3) is 0 Å². The molecule has 78 valence electrons. The third-order valence-electron chi connectivity index (χ3n) is 2.50. The summed E-state index contributed by atoms with van der Waals surface area (Å²) in [5.74, 6) is 0.624. The summed E-state index contributed by atoms with van der Waals surface area (Å²) in [6.07, 6.45) is 3.52. The molecular formula is C12H18BrN. The fourth-order valence-electron chi connectivity index (χ4n) is 1.69. The van der Waals surface area contributed by atoms with E-state index in [0.29, 0.717) is 5.92 Å². The quantitative estimate of drug-likeness (QED) is 0.858. The van der Waals surface area contributed by atoms with Crippen molar-refractivity contribution in [2.75, 3.05) is 6.54 Å². The minimum Gasteiger partial charge on any atom is -0.330 e. The van der Waals surface area contributed by atoms with E-state index >= 15 is 0 Å². The van der Waals surface area contributed by atoms with Crippen molar-refractivity contribution in [3.63, 3.8) is 0 Å². The first-order valence-corrected chi connectivity index (χ1v) is 6.00. The van der Waals surface area contributed by atoms with Gasteiger partial charge in [-0.2, -0.15) is 0 Å². The van der Waals surface area contributed by atoms with Gasteiger partial charge in [-0.15, -0.1) is 0 Å². The number of rotatable bonds is 5. The Labute approximate surface area is 94.8 Å². The molecule has 1 unspecified atom stereocenters. The van der Waals surface area contributed by atoms with Gasteiger partial charge >= 0.3 is 0 Å². The molecule has 0 saturated heterocycles. The highest BCUT2D eigenvalue weighted by molar-refractivity contribution is 9.10. The lowest BCUT2D eigenvalue weighted by atomic mass is 9.95. The van der Waals surface area contributed by atoms with E-state index in [2.05, 4.69) is 41.1 Å². The zero-order valence-electron chi connectivity index (χ0n) is 8.67. The van der Waals surface area contributed by atoms with Crippen molar-refractivity contribution in [2.45, 2.75) is 26.2 Å². The number of hydrogen-bond acceptors (Lipinski definition) is 1. The zero-order chi connectivity index (χ0) is 10.4. The van der Waals surface area contributed by atoms with Crippen LogP contribution < -0.4 is 5.73 Å². The predicted molar refractivity (Wildman–Crippen MR) is 65.3 cm³/mol. The molecule has 1 aromatic rings. The smallest absolute Gasteiger partial charge is 0.0207 e. The van der Waals surface area contributed by atoms with Gasteiger partial charge in [0.2, 0.25) is 0 Å². The highest BCUT2D eigenvalue weighted by Gasteiger charge is 2.08. The highest BCUT2D eigenvalue weighted by atomic mass is 79.9. The van der Waals surface area contributed by atoms with Gasteiger partial charge in [0.05, 0.1) is 0 Å². The molecule has 0 saturated carbocycles. The van der Waals surface area contributed by atoms with Crippen LogP contribution in [0.25, 0.3) is 0 Å². The Morgan fingerprint density at radius 3 is 2.64 bits per heavy atom. The van der Waals surface area contributed by atoms with E-state index in [9.17, 15) is 0 Å². The first kappa shape index (κ1) is 11.7. The second-order valence-corrected chi connectivity index (χ2v) is 4.54. The third-order valence-corrected chi connectivity index (χ3v) is 3.27. The van der Waals surface area contributed by atoms with Crippen molar-refractivity contribution < 1.29 is 0 Å². The van der Waals surface area contributed by atoms with Gasteiger partial charge < -0.3 is 5.73 Å². The largest absolute Gasteiger partial charge is 0.330 e. The Kier molecular flexibility index (Phi) is 5.20. The summed E-state index contributed by atoms with van der Waals surface area (Å²) in [5, 5.41) is 0. The van der Waals surface area contributed by atoms with E-state index in [1.54, 1.807) is 0 Å². The summed E-state index contributed by atoms with van der Waals surface area (Å²) in [6, 6.07) is 8.39. The van der Waals surface area contributed by atoms with Crippen LogP contribution in [-0.2, 0) is 6.42 Å². The Morgan fingerprint density at radius 2 is 2.07 bits per heavy atom. The molecule has 2 N–H and O–H groups in total. The van der Waals surface area contributed by atoms with Gasteiger partial charge in [-0.1, -0.05) is 47.5 Å². The van der Waals surface area contributed by atoms with Gasteiger partial charge in [0.15, 0.2) is 0 Å². The lowest BCUT2D eigenvalue weighted by Crippen LogP contribution is -2.16. The SMILES string of the molecule is CCCC(CN)Cc1ccccc1Br. The fourth-order valence-corrected chi connectivity index (χ4v) is 2.13. The number of benzene rings is 1. The molecule has 0 aromatic heterocycles. The molecular weight excluding hydrogens is 238 g/mol. The predicted octanol–water partition coefficient (Wildman–Crippen LogP) is 3.37. The van der Waals surface area contributed by atoms with Crippen molar-refractivity contribution in [3.8, 4) is 0 Å². The number of nitrogens with two attached hydrogens (primary N) is 1. The summed E-state index contributed by atoms with van der Waals surface area (Å²) in [4.78, 5) is 0. The fraction of sp³-hybridized carbons (Fsp3) is 0.500. The number of hydrogen-bond donors (Lipinski definition) is 1. The van der Waals surface area contributed by atoms with E-state index in [0.717, 1.165) is 13.0 Å². The van der Waals surface area contributed by atoms with E-state index in [-0.39, 0.29) is 0 Å². The van der Waals surface area contributed by atoms with E-state index in [1.807, 2.05) is 6.07 Å². The van der Waals surface area contributed by atoms with Gasteiger partial charge in [-0.25, -0.2) is 0 Å². The Hall–Kier alpha value is -0.340. The standard InChI is InChI=1S/C12H18BrN/c1-2-5-10(9-14)8-11-6-3-4-7-12(11)13/h3-4,6-7,10H,2,5,8-9,14H2,1H3. The van der Waals surface area contributed by atoms with Crippen LogP contribution in [0.2, 0.25) is 0 Å². The molecule has 1 rings (SSSR count). The maximum absolute atomic E-state index is 5.74. The summed E-state index contributed by atoms with van der Waals surface area (Å²) in [6.45, 7) is 3.00. The van der Waals surface area contributed by atoms with Crippen LogP contribution in [0, 0.1) is 5.92 Å². The minimum absolute atomic E-state index is 0.624. The average molecular weight is 256 g/mol. The summed E-state index contributed by atoms with van der Waals surface area (Å²) >= 11 is 3.56. The van der Waals surface area contributed by atoms with Crippen molar-refractivity contribution in [1.29, 1.82) is 0 Å². The molecule has 1 nitrogen and oxygen atoms in total. The Morgan fingerprint density at radius 1 is 1.36 bits per heavy atom. The van der Waals surface area contributed by atoms with Gasteiger partial charge in [-0.3, -0.25) is 0 Å². The molecule has 0 fully saturated rings. The van der Waals surface area contributed by atoms with Crippen LogP contribution in [0.3, 0.4) is 0 Å². The molecule has 2 heteroatoms. The maximum atomic E-state index is 5.74. The van der Waals surface area contributed by atoms with Crippen molar-refractivity contribution in [1.82, 2.24) is 0 Å². The molecule has 1 atom stereocenters. The molecule has 0 spiro atoms. The van der Waals surface area contributed by atoms with Crippen molar-refractivity contribution >= 4 is 15.9 Å². The average Bonchev–Trinajstić information content (AvgIpc) is 2.20. The first-order chi connectivity index (χ1) is 6.77. The maximum Gasteiger partial charge on any atom is 0.0207 e. The molecule has 0 aliphatic heterocycles. The van der Waals surface area contributed by atoms with Crippen LogP contribution >= 0.6 is 15.9 Å². The molecule has 0 heterocycles. The van der Waals surface area contributed by atoms with E-state index in [1.165, 1.54) is 22.9 Å². The second kappa shape index (κ2) is 6.20. The summed E-state index contributed by atoms with van der Waals surface area (Å²) in [7, 11) is 0. The van der Waals surface area contributed by atoms with Crippen LogP contribution in [0.15, 0.2) is 28.7 Å². The topological polar surface area (TPSA) is 26.0 Å². The van der Waals surface area contributed by atoms with Crippen molar-refractivity contribution in [2.24, 2.45) is 11.7 Å². The van der Waals surface area contributed by atoms with E-state index in [4.69, 9.17) is 5.73 Å². The van der Waals surface area contributed by atoms with Gasteiger partial charge in [0, 0.05) is 4.47 Å². The Balaban J connectivity index is 2.62. The molecule has 0 aliphatic carbocycles. The van der Waals surface area contributed by atoms with Crippen molar-refractivity contribution in [3.05, 3.63) is 34.3 Å². The Bertz CT molecular complexity index is 273. The lowest BCUT2D eigenvalue weighted by molar-refractivity contribution is 0.487. The monoisotopic (exact) mass is 255 g/mol. The van der Waals surface area contributed by atoms with Crippen LogP contribution in [0.5, 0.6) is 0 Å². The van der Waals surface area contributed by atoms with Crippen LogP contribution in [0.4, 0.5) is 0 Å². The van der Waals surface area contributed by atoms with E-state index < -0.39 is 0 Å². The summed E-state index contributed by atoms with van der Waals surface area (Å²) in [5.41, 5.74) is 7.11.